The Morgan fingerprint density at radius 3 is 2.78 bits per heavy atom. The zero-order valence-corrected chi connectivity index (χ0v) is 19.8. The molecule has 1 saturated heterocycles. The van der Waals surface area contributed by atoms with Crippen LogP contribution >= 0.6 is 0 Å². The van der Waals surface area contributed by atoms with E-state index in [4.69, 9.17) is 4.74 Å². The van der Waals surface area contributed by atoms with Crippen LogP contribution in [-0.2, 0) is 11.3 Å². The van der Waals surface area contributed by atoms with Gasteiger partial charge in [0.15, 0.2) is 5.65 Å². The van der Waals surface area contributed by atoms with Crippen molar-refractivity contribution >= 4 is 29.2 Å². The number of H-pyrrole nitrogens is 1. The topological polar surface area (TPSA) is 133 Å². The normalized spacial score (nSPS) is 17.2. The number of amides is 3. The predicted molar refractivity (Wildman–Crippen MR) is 128 cm³/mol. The molecule has 5 rings (SSSR count). The van der Waals surface area contributed by atoms with Gasteiger partial charge in [-0.15, -0.1) is 0 Å². The highest BCUT2D eigenvalue weighted by Gasteiger charge is 2.35. The first-order valence-electron chi connectivity index (χ1n) is 11.7. The molecule has 1 fully saturated rings. The van der Waals surface area contributed by atoms with E-state index < -0.39 is 18.4 Å². The molecular formula is C24H27FN6O5. The monoisotopic (exact) mass is 498 g/mol. The number of carbonyl (C=O) groups excluding carboxylic acids is 2. The van der Waals surface area contributed by atoms with E-state index in [-0.39, 0.29) is 24.8 Å². The highest BCUT2D eigenvalue weighted by molar-refractivity contribution is 5.86. The third-order valence-electron chi connectivity index (χ3n) is 6.60. The number of benzene rings is 1. The number of urea groups is 1. The molecular weight excluding hydrogens is 471 g/mol. The number of imidazole rings is 1. The number of hydrogen-bond acceptors (Lipinski definition) is 7. The lowest BCUT2D eigenvalue weighted by Gasteiger charge is -2.38. The summed E-state index contributed by atoms with van der Waals surface area (Å²) in [7, 11) is 1.27. The molecule has 12 heteroatoms. The van der Waals surface area contributed by atoms with Crippen molar-refractivity contribution in [3.8, 4) is 16.9 Å². The Balaban J connectivity index is 1.34. The van der Waals surface area contributed by atoms with Crippen LogP contribution < -0.4 is 10.1 Å². The number of nitrogens with one attached hydrogen (secondary N) is 2. The lowest BCUT2D eigenvalue weighted by Crippen LogP contribution is -2.52. The Labute approximate surface area is 206 Å². The van der Waals surface area contributed by atoms with E-state index in [1.807, 2.05) is 24.3 Å². The van der Waals surface area contributed by atoms with Crippen LogP contribution in [0.1, 0.15) is 18.4 Å². The van der Waals surface area contributed by atoms with E-state index >= 15 is 0 Å². The lowest BCUT2D eigenvalue weighted by molar-refractivity contribution is -0.0329. The molecule has 1 aromatic carbocycles. The van der Waals surface area contributed by atoms with Gasteiger partial charge in [-0.25, -0.2) is 19.0 Å². The zero-order chi connectivity index (χ0) is 25.3. The Hall–Kier alpha value is -3.93. The number of aromatic amines is 1. The van der Waals surface area contributed by atoms with Gasteiger partial charge in [0.2, 0.25) is 5.95 Å². The van der Waals surface area contributed by atoms with Crippen LogP contribution in [0.4, 0.5) is 19.9 Å². The molecule has 36 heavy (non-hydrogen) atoms. The summed E-state index contributed by atoms with van der Waals surface area (Å²) in [5, 5.41) is 12.6. The van der Waals surface area contributed by atoms with Gasteiger partial charge in [-0.3, -0.25) is 5.32 Å². The zero-order valence-electron chi connectivity index (χ0n) is 19.8. The standard InChI is InChI=1S/C24H27FN6O5/c1-35-22(32)29-21-27-18-11-16(12-26-20(18)28-21)15-2-3-19-17(10-15)13-31(8-9-36-19)23(33)30-6-4-24(34,14-25)5-7-30/h2-3,10-12,34H,4-9,13-14H2,1H3,(H2,26,27,28,29,32). The average Bonchev–Trinajstić information content (AvgIpc) is 3.17. The summed E-state index contributed by atoms with van der Waals surface area (Å²) in [4.78, 5) is 39.6. The largest absolute Gasteiger partial charge is 0.491 e. The number of anilines is 1. The lowest BCUT2D eigenvalue weighted by atomic mass is 9.93. The number of methoxy groups -OCH3 is 1. The molecule has 2 aliphatic heterocycles. The first-order valence-corrected chi connectivity index (χ1v) is 11.7. The summed E-state index contributed by atoms with van der Waals surface area (Å²) in [5.41, 5.74) is 2.31. The fourth-order valence-corrected chi connectivity index (χ4v) is 4.45. The van der Waals surface area contributed by atoms with Crippen LogP contribution in [0.15, 0.2) is 30.5 Å². The van der Waals surface area contributed by atoms with E-state index in [0.29, 0.717) is 49.7 Å². The van der Waals surface area contributed by atoms with Gasteiger partial charge in [-0.2, -0.15) is 4.98 Å². The van der Waals surface area contributed by atoms with Gasteiger partial charge in [0, 0.05) is 30.4 Å². The smallest absolute Gasteiger partial charge is 0.413 e. The quantitative estimate of drug-likeness (QED) is 0.506. The molecule has 0 atom stereocenters. The third-order valence-corrected chi connectivity index (χ3v) is 6.60. The van der Waals surface area contributed by atoms with Crippen molar-refractivity contribution in [2.24, 2.45) is 0 Å². The molecule has 0 spiro atoms. The Morgan fingerprint density at radius 1 is 1.22 bits per heavy atom. The minimum absolute atomic E-state index is 0.149. The second-order valence-electron chi connectivity index (χ2n) is 9.02. The summed E-state index contributed by atoms with van der Waals surface area (Å²) >= 11 is 0. The number of likely N-dealkylation sites (tertiary alicyclic amines) is 1. The number of halogens is 1. The number of fused-ring (bicyclic) bond motifs is 2. The van der Waals surface area contributed by atoms with Crippen LogP contribution in [-0.4, -0.2) is 87.6 Å². The van der Waals surface area contributed by atoms with Gasteiger partial charge in [0.1, 0.15) is 19.0 Å². The van der Waals surface area contributed by atoms with E-state index in [9.17, 15) is 19.1 Å². The molecule has 3 N–H and O–H groups in total. The minimum atomic E-state index is -1.33. The maximum Gasteiger partial charge on any atom is 0.413 e. The van der Waals surface area contributed by atoms with Crippen LogP contribution in [0.25, 0.3) is 22.3 Å². The highest BCUT2D eigenvalue weighted by atomic mass is 19.1. The third kappa shape index (κ3) is 4.76. The molecule has 3 amide bonds. The molecule has 0 unspecified atom stereocenters. The van der Waals surface area contributed by atoms with Gasteiger partial charge >= 0.3 is 12.1 Å². The van der Waals surface area contributed by atoms with Crippen LogP contribution in [0.2, 0.25) is 0 Å². The van der Waals surface area contributed by atoms with Crippen molar-refractivity contribution in [1.29, 1.82) is 0 Å². The molecule has 2 aliphatic rings. The number of aliphatic hydroxyl groups is 1. The second kappa shape index (κ2) is 9.61. The van der Waals surface area contributed by atoms with E-state index in [1.165, 1.54) is 7.11 Å². The highest BCUT2D eigenvalue weighted by Crippen LogP contribution is 2.31. The number of pyridine rings is 1. The van der Waals surface area contributed by atoms with Crippen LogP contribution in [0.3, 0.4) is 0 Å². The molecule has 3 aromatic rings. The first-order chi connectivity index (χ1) is 17.4. The Morgan fingerprint density at radius 2 is 2.03 bits per heavy atom. The van der Waals surface area contributed by atoms with Gasteiger partial charge in [-0.05, 0) is 36.6 Å². The average molecular weight is 499 g/mol. The van der Waals surface area contributed by atoms with Gasteiger partial charge in [-0.1, -0.05) is 6.07 Å². The van der Waals surface area contributed by atoms with E-state index in [1.54, 1.807) is 16.0 Å². The van der Waals surface area contributed by atoms with Crippen molar-refractivity contribution < 1.29 is 28.6 Å². The number of nitrogens with zero attached hydrogens (tertiary/aromatic N) is 4. The molecule has 11 nitrogen and oxygen atoms in total. The van der Waals surface area contributed by atoms with Crippen molar-refractivity contribution in [3.05, 3.63) is 36.0 Å². The number of carbonyl (C=O) groups is 2. The van der Waals surface area contributed by atoms with Crippen LogP contribution in [0.5, 0.6) is 5.75 Å². The van der Waals surface area contributed by atoms with Gasteiger partial charge < -0.3 is 29.4 Å². The van der Waals surface area contributed by atoms with Crippen molar-refractivity contribution in [1.82, 2.24) is 24.8 Å². The molecule has 4 heterocycles. The number of hydrogen-bond donors (Lipinski definition) is 3. The maximum atomic E-state index is 13.2. The minimum Gasteiger partial charge on any atom is -0.491 e. The van der Waals surface area contributed by atoms with Gasteiger partial charge in [0.05, 0.1) is 31.3 Å². The van der Waals surface area contributed by atoms with Crippen molar-refractivity contribution in [3.63, 3.8) is 0 Å². The predicted octanol–water partition coefficient (Wildman–Crippen LogP) is 2.91. The molecule has 0 radical (unpaired) electrons. The number of ether oxygens (including phenoxy) is 2. The van der Waals surface area contributed by atoms with E-state index in [2.05, 4.69) is 25.0 Å². The first kappa shape index (κ1) is 23.8. The summed E-state index contributed by atoms with van der Waals surface area (Å²) in [6, 6.07) is 7.49. The Kier molecular flexibility index (Phi) is 6.35. The SMILES string of the molecule is COC(=O)Nc1nc2ncc(-c3ccc4c(c3)CN(C(=O)N3CCC(O)(CF)CC3)CCO4)cc2[nH]1. The summed E-state index contributed by atoms with van der Waals surface area (Å²) in [5.74, 6) is 0.938. The molecule has 190 valence electrons. The van der Waals surface area contributed by atoms with Crippen molar-refractivity contribution in [2.45, 2.75) is 25.0 Å². The molecule has 0 bridgehead atoms. The maximum absolute atomic E-state index is 13.2. The number of alkyl halides is 1. The number of rotatable bonds is 3. The van der Waals surface area contributed by atoms with E-state index in [0.717, 1.165) is 16.7 Å². The Bertz CT molecular complexity index is 1290. The fraction of sp³-hybridized carbons (Fsp3) is 0.417. The number of piperidine rings is 1. The van der Waals surface area contributed by atoms with Crippen molar-refractivity contribution in [2.75, 3.05) is 45.3 Å². The molecule has 0 aliphatic carbocycles. The summed E-state index contributed by atoms with van der Waals surface area (Å²) in [6.07, 6.45) is 1.50. The summed E-state index contributed by atoms with van der Waals surface area (Å²) in [6.45, 7) is 0.963. The molecule has 2 aromatic heterocycles. The summed E-state index contributed by atoms with van der Waals surface area (Å²) < 4.78 is 23.6. The van der Waals surface area contributed by atoms with Gasteiger partial charge in [0.25, 0.3) is 0 Å². The van der Waals surface area contributed by atoms with Crippen LogP contribution in [0, 0.1) is 0 Å². The second-order valence-corrected chi connectivity index (χ2v) is 9.02. The fourth-order valence-electron chi connectivity index (χ4n) is 4.45. The molecule has 0 saturated carbocycles. The number of aromatic nitrogens is 3.